The second kappa shape index (κ2) is 6.99. The summed E-state index contributed by atoms with van der Waals surface area (Å²) in [5.41, 5.74) is 7.07. The predicted octanol–water partition coefficient (Wildman–Crippen LogP) is 2.89. The van der Waals surface area contributed by atoms with Crippen LogP contribution in [0.25, 0.3) is 0 Å². The van der Waals surface area contributed by atoms with E-state index < -0.39 is 12.0 Å². The summed E-state index contributed by atoms with van der Waals surface area (Å²) in [4.78, 5) is 25.8. The second-order valence-electron chi connectivity index (χ2n) is 6.49. The molecule has 0 saturated heterocycles. The number of rotatable bonds is 3. The molecule has 2 aromatic rings. The number of carbonyl (C=O) groups is 2. The highest BCUT2D eigenvalue weighted by Gasteiger charge is 2.30. The van der Waals surface area contributed by atoms with Crippen LogP contribution in [0.2, 0.25) is 0 Å². The number of amides is 2. The van der Waals surface area contributed by atoms with Gasteiger partial charge in [0.15, 0.2) is 11.5 Å². The van der Waals surface area contributed by atoms with Crippen LogP contribution >= 0.6 is 11.3 Å². The number of carbonyl (C=O) groups excluding carboxylic acids is 2. The predicted molar refractivity (Wildman–Crippen MR) is 99.1 cm³/mol. The Balaban J connectivity index is 1.56. The number of benzene rings is 1. The summed E-state index contributed by atoms with van der Waals surface area (Å²) in [5, 5.41) is 3.37. The average Bonchev–Trinajstić information content (AvgIpc) is 2.82. The topological polar surface area (TPSA) is 90.7 Å². The molecule has 2 amide bonds. The molecule has 2 heterocycles. The van der Waals surface area contributed by atoms with E-state index in [0.29, 0.717) is 22.1 Å². The minimum absolute atomic E-state index is 0.125. The molecule has 1 aromatic carbocycles. The lowest BCUT2D eigenvalue weighted by molar-refractivity contribution is -0.125. The molecule has 136 valence electrons. The molecule has 2 aliphatic rings. The zero-order valence-corrected chi connectivity index (χ0v) is 15.1. The van der Waals surface area contributed by atoms with Crippen molar-refractivity contribution in [2.45, 2.75) is 38.2 Å². The third kappa shape index (κ3) is 3.14. The molecule has 0 unspecified atom stereocenters. The summed E-state index contributed by atoms with van der Waals surface area (Å²) < 4.78 is 11.3. The molecule has 1 aliphatic heterocycles. The Bertz CT molecular complexity index is 861. The molecule has 1 aliphatic carbocycles. The smallest absolute Gasteiger partial charge is 0.269 e. The zero-order chi connectivity index (χ0) is 18.1. The third-order valence-corrected chi connectivity index (χ3v) is 5.91. The fraction of sp³-hybridized carbons (Fsp3) is 0.368. The van der Waals surface area contributed by atoms with Gasteiger partial charge in [0, 0.05) is 4.88 Å². The molecule has 0 spiro atoms. The lowest BCUT2D eigenvalue weighted by Crippen LogP contribution is -2.40. The maximum Gasteiger partial charge on any atom is 0.269 e. The average molecular weight is 372 g/mol. The normalized spacial score (nSPS) is 18.5. The first-order chi connectivity index (χ1) is 12.6. The number of thiophene rings is 1. The summed E-state index contributed by atoms with van der Waals surface area (Å²) in [6.45, 7) is 0.125. The molecule has 3 N–H and O–H groups in total. The third-order valence-electron chi connectivity index (χ3n) is 4.71. The molecular formula is C19H20N2O4S. The van der Waals surface area contributed by atoms with Gasteiger partial charge in [-0.25, -0.2) is 0 Å². The first-order valence-corrected chi connectivity index (χ1v) is 9.59. The van der Waals surface area contributed by atoms with Crippen LogP contribution in [0.4, 0.5) is 5.00 Å². The van der Waals surface area contributed by atoms with Crippen LogP contribution in [0, 0.1) is 0 Å². The first kappa shape index (κ1) is 16.9. The van der Waals surface area contributed by atoms with E-state index >= 15 is 0 Å². The molecule has 6 nitrogen and oxygen atoms in total. The van der Waals surface area contributed by atoms with Crippen LogP contribution in [0.15, 0.2) is 24.3 Å². The Kier molecular flexibility index (Phi) is 4.55. The quantitative estimate of drug-likeness (QED) is 0.811. The van der Waals surface area contributed by atoms with E-state index in [1.807, 2.05) is 12.1 Å². The Morgan fingerprint density at radius 1 is 1.12 bits per heavy atom. The van der Waals surface area contributed by atoms with Gasteiger partial charge in [-0.1, -0.05) is 18.6 Å². The molecular weight excluding hydrogens is 352 g/mol. The first-order valence-electron chi connectivity index (χ1n) is 8.77. The van der Waals surface area contributed by atoms with Crippen LogP contribution in [0.1, 0.15) is 40.1 Å². The standard InChI is InChI=1S/C19H20N2O4S/c20-17(22)16-11-6-2-1-3-9-15(11)26-19(16)21-18(23)14-10-24-12-7-4-5-8-13(12)25-14/h4-5,7-8,14H,1-3,6,9-10H2,(H2,20,22)(H,21,23)/t14-/m1/s1. The molecule has 4 rings (SSSR count). The van der Waals surface area contributed by atoms with Gasteiger partial charge in [0.25, 0.3) is 11.8 Å². The van der Waals surface area contributed by atoms with Crippen molar-refractivity contribution in [2.24, 2.45) is 5.73 Å². The van der Waals surface area contributed by atoms with E-state index in [-0.39, 0.29) is 12.5 Å². The zero-order valence-electron chi connectivity index (χ0n) is 14.2. The molecule has 0 radical (unpaired) electrons. The Labute approximate surface area is 155 Å². The van der Waals surface area contributed by atoms with Gasteiger partial charge in [-0.05, 0) is 43.4 Å². The lowest BCUT2D eigenvalue weighted by Gasteiger charge is -2.25. The van der Waals surface area contributed by atoms with E-state index in [1.165, 1.54) is 11.3 Å². The number of para-hydroxylation sites is 2. The number of nitrogens with one attached hydrogen (secondary N) is 1. The van der Waals surface area contributed by atoms with Crippen molar-refractivity contribution in [3.63, 3.8) is 0 Å². The molecule has 0 fully saturated rings. The summed E-state index contributed by atoms with van der Waals surface area (Å²) in [5.74, 6) is 0.331. The summed E-state index contributed by atoms with van der Waals surface area (Å²) in [6.07, 6.45) is 4.26. The SMILES string of the molecule is NC(=O)c1c(NC(=O)[C@H]2COc3ccccc3O2)sc2c1CCCCC2. The number of anilines is 1. The number of hydrogen-bond acceptors (Lipinski definition) is 5. The highest BCUT2D eigenvalue weighted by atomic mass is 32.1. The number of aryl methyl sites for hydroxylation is 1. The van der Waals surface area contributed by atoms with Crippen molar-refractivity contribution >= 4 is 28.2 Å². The minimum Gasteiger partial charge on any atom is -0.485 e. The van der Waals surface area contributed by atoms with Crippen molar-refractivity contribution in [1.29, 1.82) is 0 Å². The van der Waals surface area contributed by atoms with Gasteiger partial charge in [-0.3, -0.25) is 9.59 Å². The van der Waals surface area contributed by atoms with E-state index in [4.69, 9.17) is 15.2 Å². The number of nitrogens with two attached hydrogens (primary N) is 1. The van der Waals surface area contributed by atoms with Gasteiger partial charge in [0.1, 0.15) is 11.6 Å². The Morgan fingerprint density at radius 2 is 1.88 bits per heavy atom. The highest BCUT2D eigenvalue weighted by Crippen LogP contribution is 2.38. The number of hydrogen-bond donors (Lipinski definition) is 2. The minimum atomic E-state index is -0.771. The fourth-order valence-corrected chi connectivity index (χ4v) is 4.73. The Morgan fingerprint density at radius 3 is 2.69 bits per heavy atom. The highest BCUT2D eigenvalue weighted by molar-refractivity contribution is 7.17. The van der Waals surface area contributed by atoms with Gasteiger partial charge < -0.3 is 20.5 Å². The largest absolute Gasteiger partial charge is 0.485 e. The number of primary amides is 1. The van der Waals surface area contributed by atoms with Gasteiger partial charge >= 0.3 is 0 Å². The molecule has 1 aromatic heterocycles. The summed E-state index contributed by atoms with van der Waals surface area (Å²) in [6, 6.07) is 7.23. The van der Waals surface area contributed by atoms with E-state index in [0.717, 1.165) is 42.5 Å². The van der Waals surface area contributed by atoms with Crippen LogP contribution in [-0.2, 0) is 17.6 Å². The van der Waals surface area contributed by atoms with Gasteiger partial charge in [0.2, 0.25) is 6.10 Å². The van der Waals surface area contributed by atoms with Crippen molar-refractivity contribution in [3.8, 4) is 11.5 Å². The molecule has 26 heavy (non-hydrogen) atoms. The maximum atomic E-state index is 12.7. The van der Waals surface area contributed by atoms with Gasteiger partial charge in [-0.2, -0.15) is 0 Å². The molecule has 0 bridgehead atoms. The summed E-state index contributed by atoms with van der Waals surface area (Å²) in [7, 11) is 0. The van der Waals surface area contributed by atoms with Gasteiger partial charge in [-0.15, -0.1) is 11.3 Å². The summed E-state index contributed by atoms with van der Waals surface area (Å²) >= 11 is 1.45. The van der Waals surface area contributed by atoms with Crippen molar-refractivity contribution in [3.05, 3.63) is 40.3 Å². The monoisotopic (exact) mass is 372 g/mol. The number of fused-ring (bicyclic) bond motifs is 2. The van der Waals surface area contributed by atoms with Crippen molar-refractivity contribution in [1.82, 2.24) is 0 Å². The maximum absolute atomic E-state index is 12.7. The van der Waals surface area contributed by atoms with E-state index in [1.54, 1.807) is 12.1 Å². The number of ether oxygens (including phenoxy) is 2. The van der Waals surface area contributed by atoms with E-state index in [2.05, 4.69) is 5.32 Å². The van der Waals surface area contributed by atoms with Crippen LogP contribution in [0.5, 0.6) is 11.5 Å². The van der Waals surface area contributed by atoms with Gasteiger partial charge in [0.05, 0.1) is 5.56 Å². The van der Waals surface area contributed by atoms with Crippen LogP contribution in [0.3, 0.4) is 0 Å². The molecule has 7 heteroatoms. The second-order valence-corrected chi connectivity index (χ2v) is 7.59. The Hall–Kier alpha value is -2.54. The van der Waals surface area contributed by atoms with E-state index in [9.17, 15) is 9.59 Å². The fourth-order valence-electron chi connectivity index (χ4n) is 3.43. The molecule has 0 saturated carbocycles. The van der Waals surface area contributed by atoms with Crippen LogP contribution in [-0.4, -0.2) is 24.5 Å². The van der Waals surface area contributed by atoms with Crippen LogP contribution < -0.4 is 20.5 Å². The van der Waals surface area contributed by atoms with Crippen molar-refractivity contribution in [2.75, 3.05) is 11.9 Å². The lowest BCUT2D eigenvalue weighted by atomic mass is 10.1. The molecule has 1 atom stereocenters. The van der Waals surface area contributed by atoms with Crippen molar-refractivity contribution < 1.29 is 19.1 Å².